The normalized spacial score (nSPS) is 24.1. The van der Waals surface area contributed by atoms with E-state index in [1.807, 2.05) is 18.7 Å². The summed E-state index contributed by atoms with van der Waals surface area (Å²) in [5.41, 5.74) is 0.332. The molecule has 16 heavy (non-hydrogen) atoms. The molecule has 3 heteroatoms. The number of carbonyl (C=O) groups excluding carboxylic acids is 1. The van der Waals surface area contributed by atoms with Crippen molar-refractivity contribution in [3.05, 3.63) is 0 Å². The highest BCUT2D eigenvalue weighted by molar-refractivity contribution is 5.79. The summed E-state index contributed by atoms with van der Waals surface area (Å²) in [7, 11) is 2.09. The second-order valence-corrected chi connectivity index (χ2v) is 5.05. The molecule has 0 aromatic carbocycles. The summed E-state index contributed by atoms with van der Waals surface area (Å²) < 4.78 is 0. The molecular weight excluding hydrogens is 200 g/mol. The molecule has 0 N–H and O–H groups in total. The van der Waals surface area contributed by atoms with Gasteiger partial charge in [0.15, 0.2) is 0 Å². The van der Waals surface area contributed by atoms with Crippen molar-refractivity contribution < 1.29 is 4.79 Å². The lowest BCUT2D eigenvalue weighted by Gasteiger charge is -2.55. The SMILES string of the molecule is CC.CC(C)N1CC2(CCC2)N(C)CC1=O. The molecule has 0 radical (unpaired) electrons. The topological polar surface area (TPSA) is 23.6 Å². The number of rotatable bonds is 1. The zero-order chi connectivity index (χ0) is 12.3. The Labute approximate surface area is 99.8 Å². The molecule has 1 saturated heterocycles. The molecule has 0 aromatic heterocycles. The van der Waals surface area contributed by atoms with Crippen LogP contribution in [0.2, 0.25) is 0 Å². The fraction of sp³-hybridized carbons (Fsp3) is 0.923. The fourth-order valence-electron chi connectivity index (χ4n) is 2.58. The van der Waals surface area contributed by atoms with Gasteiger partial charge < -0.3 is 4.90 Å². The third kappa shape index (κ3) is 2.24. The Bertz CT molecular complexity index is 246. The number of carbonyl (C=O) groups is 1. The third-order valence-corrected chi connectivity index (χ3v) is 3.87. The molecule has 2 rings (SSSR count). The summed E-state index contributed by atoms with van der Waals surface area (Å²) in [6, 6.07) is 0.355. The Kier molecular flexibility index (Phi) is 4.36. The van der Waals surface area contributed by atoms with Gasteiger partial charge in [-0.25, -0.2) is 0 Å². The van der Waals surface area contributed by atoms with E-state index in [2.05, 4.69) is 25.8 Å². The van der Waals surface area contributed by atoms with Gasteiger partial charge in [-0.15, -0.1) is 0 Å². The Balaban J connectivity index is 0.000000606. The molecule has 2 fully saturated rings. The quantitative estimate of drug-likeness (QED) is 0.684. The van der Waals surface area contributed by atoms with Gasteiger partial charge in [-0.1, -0.05) is 13.8 Å². The largest absolute Gasteiger partial charge is 0.337 e. The minimum atomic E-state index is 0.292. The first-order chi connectivity index (χ1) is 7.55. The second kappa shape index (κ2) is 5.17. The number of amides is 1. The molecule has 2 aliphatic rings. The van der Waals surface area contributed by atoms with E-state index in [1.54, 1.807) is 0 Å². The molecule has 3 nitrogen and oxygen atoms in total. The van der Waals surface area contributed by atoms with Gasteiger partial charge in [-0.3, -0.25) is 9.69 Å². The van der Waals surface area contributed by atoms with Crippen molar-refractivity contribution in [2.75, 3.05) is 20.1 Å². The van der Waals surface area contributed by atoms with E-state index in [0.29, 0.717) is 24.0 Å². The van der Waals surface area contributed by atoms with E-state index >= 15 is 0 Å². The molecule has 1 amide bonds. The van der Waals surface area contributed by atoms with Crippen LogP contribution in [0.4, 0.5) is 0 Å². The number of nitrogens with zero attached hydrogens (tertiary/aromatic N) is 2. The minimum absolute atomic E-state index is 0.292. The Morgan fingerprint density at radius 2 is 1.81 bits per heavy atom. The number of likely N-dealkylation sites (N-methyl/N-ethyl adjacent to an activating group) is 1. The Morgan fingerprint density at radius 1 is 1.25 bits per heavy atom. The third-order valence-electron chi connectivity index (χ3n) is 3.87. The van der Waals surface area contributed by atoms with Crippen molar-refractivity contribution in [3.8, 4) is 0 Å². The maximum absolute atomic E-state index is 11.8. The number of piperazine rings is 1. The summed E-state index contributed by atoms with van der Waals surface area (Å²) in [5, 5.41) is 0. The predicted molar refractivity (Wildman–Crippen MR) is 67.4 cm³/mol. The van der Waals surface area contributed by atoms with Gasteiger partial charge in [0.2, 0.25) is 5.91 Å². The monoisotopic (exact) mass is 226 g/mol. The molecule has 94 valence electrons. The van der Waals surface area contributed by atoms with Gasteiger partial charge in [0.1, 0.15) is 0 Å². The Hall–Kier alpha value is -0.570. The lowest BCUT2D eigenvalue weighted by Crippen LogP contribution is -2.67. The van der Waals surface area contributed by atoms with E-state index < -0.39 is 0 Å². The highest BCUT2D eigenvalue weighted by Crippen LogP contribution is 2.39. The van der Waals surface area contributed by atoms with Crippen LogP contribution in [-0.2, 0) is 4.79 Å². The summed E-state index contributed by atoms with van der Waals surface area (Å²) in [6.07, 6.45) is 3.85. The lowest BCUT2D eigenvalue weighted by atomic mass is 9.73. The molecule has 1 aliphatic heterocycles. The average Bonchev–Trinajstić information content (AvgIpc) is 2.18. The van der Waals surface area contributed by atoms with Gasteiger partial charge in [0.25, 0.3) is 0 Å². The molecule has 0 aromatic rings. The average molecular weight is 226 g/mol. The number of hydrogen-bond donors (Lipinski definition) is 0. The van der Waals surface area contributed by atoms with Crippen molar-refractivity contribution in [1.29, 1.82) is 0 Å². The van der Waals surface area contributed by atoms with Crippen LogP contribution in [0.5, 0.6) is 0 Å². The molecule has 1 saturated carbocycles. The van der Waals surface area contributed by atoms with Crippen molar-refractivity contribution >= 4 is 5.91 Å². The van der Waals surface area contributed by atoms with Crippen molar-refractivity contribution in [2.24, 2.45) is 0 Å². The van der Waals surface area contributed by atoms with Crippen molar-refractivity contribution in [3.63, 3.8) is 0 Å². The minimum Gasteiger partial charge on any atom is -0.337 e. The highest BCUT2D eigenvalue weighted by Gasteiger charge is 2.47. The zero-order valence-corrected chi connectivity index (χ0v) is 11.4. The molecule has 0 bridgehead atoms. The molecular formula is C13H26N2O. The Morgan fingerprint density at radius 3 is 2.19 bits per heavy atom. The van der Waals surface area contributed by atoms with Gasteiger partial charge in [0.05, 0.1) is 6.54 Å². The first-order valence-electron chi connectivity index (χ1n) is 6.56. The first kappa shape index (κ1) is 13.5. The highest BCUT2D eigenvalue weighted by atomic mass is 16.2. The van der Waals surface area contributed by atoms with Crippen LogP contribution in [0, 0.1) is 0 Å². The van der Waals surface area contributed by atoms with E-state index in [0.717, 1.165) is 6.54 Å². The van der Waals surface area contributed by atoms with Crippen LogP contribution in [0.3, 0.4) is 0 Å². The maximum Gasteiger partial charge on any atom is 0.237 e. The lowest BCUT2D eigenvalue weighted by molar-refractivity contribution is -0.149. The van der Waals surface area contributed by atoms with Crippen LogP contribution in [-0.4, -0.2) is 47.4 Å². The van der Waals surface area contributed by atoms with E-state index in [4.69, 9.17) is 0 Å². The molecule has 0 unspecified atom stereocenters. The molecule has 1 spiro atoms. The molecule has 1 heterocycles. The summed E-state index contributed by atoms with van der Waals surface area (Å²) in [6.45, 7) is 9.77. The van der Waals surface area contributed by atoms with Crippen LogP contribution in [0.15, 0.2) is 0 Å². The van der Waals surface area contributed by atoms with E-state index in [1.165, 1.54) is 19.3 Å². The van der Waals surface area contributed by atoms with Crippen molar-refractivity contribution in [2.45, 2.75) is 58.5 Å². The summed E-state index contributed by atoms with van der Waals surface area (Å²) in [4.78, 5) is 16.1. The summed E-state index contributed by atoms with van der Waals surface area (Å²) >= 11 is 0. The van der Waals surface area contributed by atoms with Crippen LogP contribution < -0.4 is 0 Å². The van der Waals surface area contributed by atoms with Gasteiger partial charge in [-0.05, 0) is 40.2 Å². The summed E-state index contributed by atoms with van der Waals surface area (Å²) in [5.74, 6) is 0.292. The zero-order valence-electron chi connectivity index (χ0n) is 11.4. The first-order valence-corrected chi connectivity index (χ1v) is 6.56. The van der Waals surface area contributed by atoms with Gasteiger partial charge >= 0.3 is 0 Å². The molecule has 0 atom stereocenters. The smallest absolute Gasteiger partial charge is 0.237 e. The van der Waals surface area contributed by atoms with Crippen LogP contribution >= 0.6 is 0 Å². The molecule has 1 aliphatic carbocycles. The van der Waals surface area contributed by atoms with Gasteiger partial charge in [-0.2, -0.15) is 0 Å². The predicted octanol–water partition coefficient (Wildman–Crippen LogP) is 2.12. The van der Waals surface area contributed by atoms with Crippen LogP contribution in [0.1, 0.15) is 47.0 Å². The standard InChI is InChI=1S/C11H20N2O.C2H6/c1-9(2)13-8-11(5-4-6-11)12(3)7-10(13)14;1-2/h9H,4-8H2,1-3H3;1-2H3. The van der Waals surface area contributed by atoms with E-state index in [-0.39, 0.29) is 0 Å². The van der Waals surface area contributed by atoms with E-state index in [9.17, 15) is 4.79 Å². The van der Waals surface area contributed by atoms with Gasteiger partial charge in [0, 0.05) is 18.1 Å². The second-order valence-electron chi connectivity index (χ2n) is 5.05. The van der Waals surface area contributed by atoms with Crippen LogP contribution in [0.25, 0.3) is 0 Å². The maximum atomic E-state index is 11.8. The fourth-order valence-corrected chi connectivity index (χ4v) is 2.58. The number of hydrogen-bond acceptors (Lipinski definition) is 2. The van der Waals surface area contributed by atoms with Crippen molar-refractivity contribution in [1.82, 2.24) is 9.80 Å².